The van der Waals surface area contributed by atoms with Crippen LogP contribution in [0.15, 0.2) is 154 Å². The molecule has 0 radical (unpaired) electrons. The summed E-state index contributed by atoms with van der Waals surface area (Å²) in [6.07, 6.45) is -3.28. The second kappa shape index (κ2) is 19.6. The Balaban J connectivity index is 1.39. The molecule has 0 unspecified atom stereocenters. The molecule has 0 saturated carbocycles. The van der Waals surface area contributed by atoms with Crippen molar-refractivity contribution in [2.75, 3.05) is 0 Å². The van der Waals surface area contributed by atoms with Crippen LogP contribution in [0.1, 0.15) is 105 Å². The van der Waals surface area contributed by atoms with Crippen molar-refractivity contribution in [1.29, 1.82) is 0 Å². The lowest BCUT2D eigenvalue weighted by Crippen LogP contribution is -2.29. The first-order chi connectivity index (χ1) is 32.8. The highest BCUT2D eigenvalue weighted by molar-refractivity contribution is 7.97. The first-order valence-electron chi connectivity index (χ1n) is 22.8. The predicted octanol–water partition coefficient (Wildman–Crippen LogP) is 14.4. The van der Waals surface area contributed by atoms with Gasteiger partial charge in [-0.05, 0) is 207 Å². The summed E-state index contributed by atoms with van der Waals surface area (Å²) in [5.74, 6) is 1.22. The highest BCUT2D eigenvalue weighted by Gasteiger charge is 2.47. The number of hydrogen-bond donors (Lipinski definition) is 0. The lowest BCUT2D eigenvalue weighted by molar-refractivity contribution is 0.0193. The van der Waals surface area contributed by atoms with E-state index in [-0.39, 0.29) is 0 Å². The number of rotatable bonds is 9. The Labute approximate surface area is 412 Å². The minimum Gasteiger partial charge on any atom is -0.428 e. The number of benzene rings is 6. The van der Waals surface area contributed by atoms with Crippen LogP contribution in [0.5, 0.6) is 23.0 Å². The molecule has 12 nitrogen and oxygen atoms in total. The average Bonchev–Trinajstić information content (AvgIpc) is 3.53. The van der Waals surface area contributed by atoms with Gasteiger partial charge in [-0.2, -0.15) is 0 Å². The van der Waals surface area contributed by atoms with Crippen LogP contribution in [0.25, 0.3) is 11.1 Å². The molecule has 13 heteroatoms. The fourth-order valence-corrected chi connectivity index (χ4v) is 9.96. The molecule has 364 valence electrons. The lowest BCUT2D eigenvalue weighted by atomic mass is 9.67. The fraction of sp³-hybridized carbons (Fsp3) is 0.298. The summed E-state index contributed by atoms with van der Waals surface area (Å²) in [5, 5.41) is 0. The summed E-state index contributed by atoms with van der Waals surface area (Å²) in [4.78, 5) is 53.6. The maximum atomic E-state index is 12.8. The highest BCUT2D eigenvalue weighted by atomic mass is 32.2. The first kappa shape index (κ1) is 50.6. The third-order valence-electron chi connectivity index (χ3n) is 10.3. The van der Waals surface area contributed by atoms with E-state index >= 15 is 0 Å². The Morgan fingerprint density at radius 1 is 0.357 bits per heavy atom. The quantitative estimate of drug-likeness (QED) is 0.0588. The van der Waals surface area contributed by atoms with Crippen molar-refractivity contribution >= 4 is 35.5 Å². The SMILES string of the molecule is CC(C)(C)OC(=O)Oc1ccc([S+](c2ccc(OC(=O)OC(C)(C)C)cc2)c2ccc3c(c2)C(c2ccc(OC(=O)OC(C)(C)C)cc2)(c2ccc(OC(=O)OC(C)(C)C)cc2)c2ccccc2-3)cc1. The topological polar surface area (TPSA) is 142 Å². The minimum absolute atomic E-state index is 0.300. The Hall–Kier alpha value is -7.25. The van der Waals surface area contributed by atoms with Gasteiger partial charge in [-0.15, -0.1) is 0 Å². The molecule has 1 aliphatic rings. The zero-order chi connectivity index (χ0) is 50.8. The molecule has 0 heterocycles. The summed E-state index contributed by atoms with van der Waals surface area (Å²) >= 11 is 0. The van der Waals surface area contributed by atoms with E-state index < -0.39 is 63.3 Å². The number of ether oxygens (including phenoxy) is 8. The van der Waals surface area contributed by atoms with Gasteiger partial charge in [0.05, 0.1) is 16.3 Å². The van der Waals surface area contributed by atoms with Crippen LogP contribution < -0.4 is 18.9 Å². The molecule has 7 rings (SSSR count). The zero-order valence-electron chi connectivity index (χ0n) is 41.6. The Morgan fingerprint density at radius 2 is 0.657 bits per heavy atom. The summed E-state index contributed by atoms with van der Waals surface area (Å²) in [5.41, 5.74) is 1.74. The van der Waals surface area contributed by atoms with Crippen molar-refractivity contribution in [3.05, 3.63) is 162 Å². The van der Waals surface area contributed by atoms with Crippen molar-refractivity contribution in [2.24, 2.45) is 0 Å². The summed E-state index contributed by atoms with van der Waals surface area (Å²) < 4.78 is 44.1. The van der Waals surface area contributed by atoms with Crippen LogP contribution >= 0.6 is 0 Å². The van der Waals surface area contributed by atoms with Gasteiger partial charge in [0.2, 0.25) is 0 Å². The van der Waals surface area contributed by atoms with Gasteiger partial charge < -0.3 is 37.9 Å². The van der Waals surface area contributed by atoms with E-state index in [0.29, 0.717) is 23.0 Å². The van der Waals surface area contributed by atoms with Crippen LogP contribution in [-0.4, -0.2) is 47.0 Å². The van der Waals surface area contributed by atoms with Gasteiger partial charge in [-0.3, -0.25) is 0 Å². The van der Waals surface area contributed by atoms with E-state index in [0.717, 1.165) is 48.1 Å². The van der Waals surface area contributed by atoms with Gasteiger partial charge in [0.1, 0.15) is 45.4 Å². The molecule has 6 aromatic rings. The van der Waals surface area contributed by atoms with Crippen molar-refractivity contribution in [3.63, 3.8) is 0 Å². The van der Waals surface area contributed by atoms with Gasteiger partial charge in [0.25, 0.3) is 0 Å². The van der Waals surface area contributed by atoms with E-state index in [1.807, 2.05) is 60.7 Å². The van der Waals surface area contributed by atoms with Crippen molar-refractivity contribution in [1.82, 2.24) is 0 Å². The van der Waals surface area contributed by atoms with Gasteiger partial charge in [0.15, 0.2) is 14.7 Å². The number of carbonyl (C=O) groups is 4. The van der Waals surface area contributed by atoms with Crippen molar-refractivity contribution in [3.8, 4) is 34.1 Å². The number of fused-ring (bicyclic) bond motifs is 3. The molecule has 0 atom stereocenters. The highest BCUT2D eigenvalue weighted by Crippen LogP contribution is 2.57. The van der Waals surface area contributed by atoms with E-state index in [1.165, 1.54) is 0 Å². The van der Waals surface area contributed by atoms with Gasteiger partial charge in [-0.25, -0.2) is 19.2 Å². The molecule has 70 heavy (non-hydrogen) atoms. The molecular formula is C57H59O12S+. The van der Waals surface area contributed by atoms with Crippen LogP contribution in [0, 0.1) is 0 Å². The lowest BCUT2D eigenvalue weighted by Gasteiger charge is -2.34. The van der Waals surface area contributed by atoms with E-state index in [1.54, 1.807) is 132 Å². The van der Waals surface area contributed by atoms with Crippen LogP contribution in [-0.2, 0) is 35.3 Å². The van der Waals surface area contributed by atoms with E-state index in [9.17, 15) is 19.2 Å². The third kappa shape index (κ3) is 12.3. The number of hydrogen-bond acceptors (Lipinski definition) is 12. The molecule has 0 N–H and O–H groups in total. The van der Waals surface area contributed by atoms with Crippen LogP contribution in [0.2, 0.25) is 0 Å². The summed E-state index contributed by atoms with van der Waals surface area (Å²) in [6.45, 7) is 21.2. The van der Waals surface area contributed by atoms with E-state index in [2.05, 4.69) is 30.3 Å². The molecule has 0 bridgehead atoms. The largest absolute Gasteiger partial charge is 0.514 e. The van der Waals surface area contributed by atoms with Gasteiger partial charge in [-0.1, -0.05) is 48.5 Å². The molecule has 0 aliphatic heterocycles. The molecule has 6 aromatic carbocycles. The molecule has 1 aliphatic carbocycles. The zero-order valence-corrected chi connectivity index (χ0v) is 42.4. The Kier molecular flexibility index (Phi) is 14.2. The average molecular weight is 968 g/mol. The first-order valence-corrected chi connectivity index (χ1v) is 24.0. The maximum Gasteiger partial charge on any atom is 0.514 e. The standard InChI is InChI=1S/C57H59O12S/c1-53(2,3)66-49(58)62-38-21-17-36(18-22-38)57(37-19-23-39(24-20-37)63-50(59)67-54(4,5)6)47-16-14-13-15-45(47)46-34-33-44(35-48(46)57)70(42-29-25-40(26-30-42)64-51(60)68-55(7,8)9)43-31-27-41(28-32-43)65-52(61)69-56(10,11)12/h13-35H,1-12H3/q+1. The van der Waals surface area contributed by atoms with Crippen molar-refractivity contribution in [2.45, 2.75) is 126 Å². The summed E-state index contributed by atoms with van der Waals surface area (Å²) in [6, 6.07) is 44.0. The van der Waals surface area contributed by atoms with Crippen molar-refractivity contribution < 1.29 is 57.1 Å². The molecule has 0 saturated heterocycles. The third-order valence-corrected chi connectivity index (χ3v) is 12.5. The fourth-order valence-electron chi connectivity index (χ4n) is 7.88. The molecular weight excluding hydrogens is 909 g/mol. The monoisotopic (exact) mass is 967 g/mol. The van der Waals surface area contributed by atoms with Crippen LogP contribution in [0.4, 0.5) is 19.2 Å². The predicted molar refractivity (Wildman–Crippen MR) is 266 cm³/mol. The van der Waals surface area contributed by atoms with Crippen LogP contribution in [0.3, 0.4) is 0 Å². The molecule has 0 amide bonds. The summed E-state index contributed by atoms with van der Waals surface area (Å²) in [7, 11) is -0.816. The normalized spacial score (nSPS) is 13.0. The smallest absolute Gasteiger partial charge is 0.428 e. The van der Waals surface area contributed by atoms with Gasteiger partial charge >= 0.3 is 24.6 Å². The molecule has 0 fully saturated rings. The van der Waals surface area contributed by atoms with Gasteiger partial charge in [0, 0.05) is 0 Å². The minimum atomic E-state index is -0.970. The second-order valence-electron chi connectivity index (χ2n) is 20.6. The number of carbonyl (C=O) groups excluding carboxylic acids is 4. The molecule has 0 aromatic heterocycles. The Morgan fingerprint density at radius 3 is 1.00 bits per heavy atom. The van der Waals surface area contributed by atoms with E-state index in [4.69, 9.17) is 37.9 Å². The second-order valence-corrected chi connectivity index (χ2v) is 22.6. The maximum absolute atomic E-state index is 12.8. The molecule has 0 spiro atoms. The Bertz CT molecular complexity index is 2710.